The van der Waals surface area contributed by atoms with Crippen molar-refractivity contribution >= 4 is 0 Å². The van der Waals surface area contributed by atoms with Crippen molar-refractivity contribution in [2.24, 2.45) is 17.8 Å². The summed E-state index contributed by atoms with van der Waals surface area (Å²) >= 11 is 0. The smallest absolute Gasteiger partial charge is 0.123 e. The van der Waals surface area contributed by atoms with Gasteiger partial charge in [0.25, 0.3) is 0 Å². The lowest BCUT2D eigenvalue weighted by atomic mass is 9.92. The van der Waals surface area contributed by atoms with E-state index in [2.05, 4.69) is 0 Å². The Balaban J connectivity index is 1.76. The average Bonchev–Trinajstić information content (AvgIpc) is 2.85. The van der Waals surface area contributed by atoms with Gasteiger partial charge in [0.1, 0.15) is 5.82 Å². The largest absolute Gasteiger partial charge is 0.388 e. The Labute approximate surface area is 88.9 Å². The van der Waals surface area contributed by atoms with Gasteiger partial charge in [0.15, 0.2) is 0 Å². The van der Waals surface area contributed by atoms with E-state index in [9.17, 15) is 9.50 Å². The van der Waals surface area contributed by atoms with E-state index >= 15 is 0 Å². The molecule has 0 radical (unpaired) electrons. The summed E-state index contributed by atoms with van der Waals surface area (Å²) in [5, 5.41) is 10.1. The third kappa shape index (κ3) is 1.67. The number of aliphatic hydroxyl groups is 1. The first-order chi connectivity index (χ1) is 7.24. The molecule has 0 bridgehead atoms. The van der Waals surface area contributed by atoms with Crippen molar-refractivity contribution < 1.29 is 9.50 Å². The zero-order valence-corrected chi connectivity index (χ0v) is 8.57. The molecule has 0 amide bonds. The Hall–Kier alpha value is -0.890. The number of halogens is 1. The lowest BCUT2D eigenvalue weighted by Crippen LogP contribution is -2.11. The third-order valence-corrected chi connectivity index (χ3v) is 3.92. The fourth-order valence-electron chi connectivity index (χ4n) is 2.98. The fraction of sp³-hybridized carbons (Fsp3) is 0.538. The zero-order chi connectivity index (χ0) is 10.4. The van der Waals surface area contributed by atoms with E-state index in [4.69, 9.17) is 0 Å². The van der Waals surface area contributed by atoms with Crippen molar-refractivity contribution in [1.82, 2.24) is 0 Å². The van der Waals surface area contributed by atoms with Gasteiger partial charge in [0.2, 0.25) is 0 Å². The number of rotatable bonds is 2. The van der Waals surface area contributed by atoms with Gasteiger partial charge in [-0.05, 0) is 54.7 Å². The fourth-order valence-corrected chi connectivity index (χ4v) is 2.98. The highest BCUT2D eigenvalue weighted by Gasteiger charge is 2.47. The van der Waals surface area contributed by atoms with Crippen LogP contribution in [0, 0.1) is 23.6 Å². The van der Waals surface area contributed by atoms with Crippen LogP contribution < -0.4 is 0 Å². The molecule has 0 spiro atoms. The van der Waals surface area contributed by atoms with E-state index in [0.29, 0.717) is 5.92 Å². The number of benzene rings is 1. The van der Waals surface area contributed by atoms with Gasteiger partial charge < -0.3 is 5.11 Å². The minimum Gasteiger partial charge on any atom is -0.388 e. The zero-order valence-electron chi connectivity index (χ0n) is 8.57. The molecular formula is C13H15FO. The molecule has 1 aromatic carbocycles. The Morgan fingerprint density at radius 1 is 1.20 bits per heavy atom. The van der Waals surface area contributed by atoms with Gasteiger partial charge in [-0.3, -0.25) is 0 Å². The van der Waals surface area contributed by atoms with E-state index in [1.54, 1.807) is 6.07 Å². The van der Waals surface area contributed by atoms with Crippen LogP contribution in [0.1, 0.15) is 30.9 Å². The van der Waals surface area contributed by atoms with E-state index in [-0.39, 0.29) is 5.82 Å². The van der Waals surface area contributed by atoms with Gasteiger partial charge in [-0.1, -0.05) is 12.1 Å². The van der Waals surface area contributed by atoms with Crippen LogP contribution in [0.2, 0.25) is 0 Å². The summed E-state index contributed by atoms with van der Waals surface area (Å²) < 4.78 is 13.0. The molecular weight excluding hydrogens is 191 g/mol. The Bertz CT molecular complexity index is 367. The van der Waals surface area contributed by atoms with E-state index in [1.165, 1.54) is 18.6 Å². The average molecular weight is 206 g/mol. The second-order valence-electron chi connectivity index (χ2n) is 4.99. The second kappa shape index (κ2) is 3.31. The molecule has 3 atom stereocenters. The SMILES string of the molecule is OC(c1cccc(F)c1)C1CC2CC2C1. The Kier molecular flexibility index (Phi) is 2.06. The van der Waals surface area contributed by atoms with Gasteiger partial charge >= 0.3 is 0 Å². The molecule has 1 nitrogen and oxygen atoms in total. The first-order valence-electron chi connectivity index (χ1n) is 5.67. The highest BCUT2D eigenvalue weighted by atomic mass is 19.1. The van der Waals surface area contributed by atoms with E-state index < -0.39 is 6.10 Å². The topological polar surface area (TPSA) is 20.2 Å². The molecule has 2 saturated carbocycles. The van der Waals surface area contributed by atoms with Crippen LogP contribution in [0.25, 0.3) is 0 Å². The Morgan fingerprint density at radius 3 is 2.60 bits per heavy atom. The summed E-state index contributed by atoms with van der Waals surface area (Å²) in [6, 6.07) is 6.36. The highest BCUT2D eigenvalue weighted by Crippen LogP contribution is 2.57. The second-order valence-corrected chi connectivity index (χ2v) is 4.99. The standard InChI is InChI=1S/C13H15FO/c14-12-3-1-2-8(7-12)13(15)11-5-9-4-10(9)6-11/h1-3,7,9-11,13,15H,4-6H2. The molecule has 2 aliphatic rings. The van der Waals surface area contributed by atoms with Crippen molar-refractivity contribution in [3.05, 3.63) is 35.6 Å². The molecule has 0 aliphatic heterocycles. The molecule has 0 aromatic heterocycles. The van der Waals surface area contributed by atoms with Gasteiger partial charge in [0, 0.05) is 0 Å². The van der Waals surface area contributed by atoms with Crippen molar-refractivity contribution in [3.8, 4) is 0 Å². The van der Waals surface area contributed by atoms with Crippen LogP contribution in [0.5, 0.6) is 0 Å². The molecule has 2 fully saturated rings. The summed E-state index contributed by atoms with van der Waals surface area (Å²) in [6.07, 6.45) is 3.14. The molecule has 0 saturated heterocycles. The Morgan fingerprint density at radius 2 is 1.93 bits per heavy atom. The minimum absolute atomic E-state index is 0.255. The monoisotopic (exact) mass is 206 g/mol. The lowest BCUT2D eigenvalue weighted by Gasteiger charge is -2.19. The molecule has 3 unspecified atom stereocenters. The number of hydrogen-bond donors (Lipinski definition) is 1. The molecule has 15 heavy (non-hydrogen) atoms. The maximum absolute atomic E-state index is 13.0. The van der Waals surface area contributed by atoms with Crippen LogP contribution in [-0.2, 0) is 0 Å². The third-order valence-electron chi connectivity index (χ3n) is 3.92. The van der Waals surface area contributed by atoms with Gasteiger partial charge in [-0.15, -0.1) is 0 Å². The van der Waals surface area contributed by atoms with Crippen LogP contribution in [0.15, 0.2) is 24.3 Å². The summed E-state index contributed by atoms with van der Waals surface area (Å²) in [5.74, 6) is 1.82. The quantitative estimate of drug-likeness (QED) is 0.788. The summed E-state index contributed by atoms with van der Waals surface area (Å²) in [5.41, 5.74) is 0.737. The molecule has 80 valence electrons. The van der Waals surface area contributed by atoms with Crippen LogP contribution in [-0.4, -0.2) is 5.11 Å². The van der Waals surface area contributed by atoms with Crippen LogP contribution in [0.4, 0.5) is 4.39 Å². The predicted octanol–water partition coefficient (Wildman–Crippen LogP) is 2.91. The molecule has 3 rings (SSSR count). The first kappa shape index (κ1) is 9.34. The molecule has 1 N–H and O–H groups in total. The normalized spacial score (nSPS) is 34.9. The summed E-state index contributed by atoms with van der Waals surface area (Å²) in [7, 11) is 0. The van der Waals surface area contributed by atoms with Crippen LogP contribution in [0.3, 0.4) is 0 Å². The van der Waals surface area contributed by atoms with Gasteiger partial charge in [-0.25, -0.2) is 4.39 Å². The molecule has 1 aromatic rings. The van der Waals surface area contributed by atoms with E-state index in [0.717, 1.165) is 30.2 Å². The van der Waals surface area contributed by atoms with Gasteiger partial charge in [0.05, 0.1) is 6.10 Å². The lowest BCUT2D eigenvalue weighted by molar-refractivity contribution is 0.104. The minimum atomic E-state index is -0.464. The van der Waals surface area contributed by atoms with Crippen molar-refractivity contribution in [2.45, 2.75) is 25.4 Å². The first-order valence-corrected chi connectivity index (χ1v) is 5.67. The predicted molar refractivity (Wildman–Crippen MR) is 55.7 cm³/mol. The molecule has 0 heterocycles. The number of hydrogen-bond acceptors (Lipinski definition) is 1. The van der Waals surface area contributed by atoms with Gasteiger partial charge in [-0.2, -0.15) is 0 Å². The highest BCUT2D eigenvalue weighted by molar-refractivity contribution is 5.20. The number of aliphatic hydroxyl groups excluding tert-OH is 1. The van der Waals surface area contributed by atoms with E-state index in [1.807, 2.05) is 6.07 Å². The van der Waals surface area contributed by atoms with Crippen LogP contribution >= 0.6 is 0 Å². The summed E-state index contributed by atoms with van der Waals surface area (Å²) in [6.45, 7) is 0. The van der Waals surface area contributed by atoms with Crippen molar-refractivity contribution in [1.29, 1.82) is 0 Å². The van der Waals surface area contributed by atoms with Crippen molar-refractivity contribution in [2.75, 3.05) is 0 Å². The molecule has 2 heteroatoms. The maximum atomic E-state index is 13.0. The van der Waals surface area contributed by atoms with Crippen molar-refractivity contribution in [3.63, 3.8) is 0 Å². The molecule has 2 aliphatic carbocycles. The maximum Gasteiger partial charge on any atom is 0.123 e. The summed E-state index contributed by atoms with van der Waals surface area (Å²) in [4.78, 5) is 0. The number of fused-ring (bicyclic) bond motifs is 1.